The Labute approximate surface area is 177 Å². The van der Waals surface area contributed by atoms with Crippen LogP contribution in [0.25, 0.3) is 11.1 Å². The maximum atomic E-state index is 11.0. The van der Waals surface area contributed by atoms with Crippen LogP contribution in [0.5, 0.6) is 5.75 Å². The highest BCUT2D eigenvalue weighted by Gasteiger charge is 2.04. The van der Waals surface area contributed by atoms with Crippen LogP contribution in [-0.4, -0.2) is 24.8 Å². The summed E-state index contributed by atoms with van der Waals surface area (Å²) in [6.45, 7) is 2.73. The van der Waals surface area contributed by atoms with E-state index in [9.17, 15) is 4.79 Å². The van der Waals surface area contributed by atoms with Crippen molar-refractivity contribution in [1.82, 2.24) is 0 Å². The molecule has 0 unspecified atom stereocenters. The van der Waals surface area contributed by atoms with Gasteiger partial charge in [0.2, 0.25) is 5.91 Å². The zero-order valence-corrected chi connectivity index (χ0v) is 17.1. The van der Waals surface area contributed by atoms with E-state index in [0.717, 1.165) is 23.3 Å². The number of hydrogen-bond acceptors (Lipinski definition) is 4. The topological polar surface area (TPSA) is 73.9 Å². The summed E-state index contributed by atoms with van der Waals surface area (Å²) in [5.74, 6) is 0.308. The van der Waals surface area contributed by atoms with Gasteiger partial charge in [-0.1, -0.05) is 78.8 Å². The van der Waals surface area contributed by atoms with Gasteiger partial charge in [-0.3, -0.25) is 4.79 Å². The number of nitrogens with zero attached hydrogens (tertiary/aromatic N) is 1. The fourth-order valence-electron chi connectivity index (χ4n) is 3.07. The number of amides is 1. The molecular weight excluding hydrogens is 376 g/mol. The van der Waals surface area contributed by atoms with Crippen LogP contribution >= 0.6 is 0 Å². The summed E-state index contributed by atoms with van der Waals surface area (Å²) < 4.78 is 5.67. The zero-order chi connectivity index (χ0) is 21.2. The molecule has 0 radical (unpaired) electrons. The molecule has 5 heteroatoms. The predicted molar refractivity (Wildman–Crippen MR) is 119 cm³/mol. The lowest BCUT2D eigenvalue weighted by molar-refractivity contribution is -0.117. The summed E-state index contributed by atoms with van der Waals surface area (Å²) in [4.78, 5) is 16.5. The van der Waals surface area contributed by atoms with Crippen molar-refractivity contribution in [3.05, 3.63) is 90.0 Å². The highest BCUT2D eigenvalue weighted by molar-refractivity contribution is 6.00. The van der Waals surface area contributed by atoms with E-state index in [-0.39, 0.29) is 12.3 Å². The molecule has 0 aliphatic rings. The van der Waals surface area contributed by atoms with E-state index in [1.165, 1.54) is 11.1 Å². The molecule has 0 saturated heterocycles. The molecule has 0 saturated carbocycles. The van der Waals surface area contributed by atoms with Gasteiger partial charge in [0, 0.05) is 0 Å². The van der Waals surface area contributed by atoms with Crippen molar-refractivity contribution >= 4 is 11.6 Å². The van der Waals surface area contributed by atoms with Crippen molar-refractivity contribution in [3.63, 3.8) is 0 Å². The molecule has 0 fully saturated rings. The number of ether oxygens (including phenoxy) is 1. The molecule has 5 nitrogen and oxygen atoms in total. The van der Waals surface area contributed by atoms with Crippen molar-refractivity contribution in [2.24, 2.45) is 10.9 Å². The Morgan fingerprint density at radius 2 is 1.63 bits per heavy atom. The van der Waals surface area contributed by atoms with Gasteiger partial charge in [-0.15, -0.1) is 0 Å². The number of nitrogens with two attached hydrogens (primary N) is 1. The molecule has 3 aromatic rings. The van der Waals surface area contributed by atoms with E-state index in [2.05, 4.69) is 41.6 Å². The Morgan fingerprint density at radius 3 is 2.33 bits per heavy atom. The van der Waals surface area contributed by atoms with Crippen molar-refractivity contribution in [2.75, 3.05) is 13.2 Å². The van der Waals surface area contributed by atoms with E-state index in [0.29, 0.717) is 19.0 Å². The van der Waals surface area contributed by atoms with Gasteiger partial charge in [-0.2, -0.15) is 0 Å². The highest BCUT2D eigenvalue weighted by Crippen LogP contribution is 2.20. The number of oxime groups is 1. The average Bonchev–Trinajstić information content (AvgIpc) is 2.77. The third-order valence-electron chi connectivity index (χ3n) is 4.56. The quantitative estimate of drug-likeness (QED) is 0.306. The van der Waals surface area contributed by atoms with Crippen molar-refractivity contribution < 1.29 is 14.4 Å². The highest BCUT2D eigenvalue weighted by atomic mass is 16.6. The van der Waals surface area contributed by atoms with Gasteiger partial charge in [0.15, 0.2) is 6.61 Å². The second kappa shape index (κ2) is 10.8. The lowest BCUT2D eigenvalue weighted by Crippen LogP contribution is -2.13. The second-order valence-corrected chi connectivity index (χ2v) is 6.81. The SMILES string of the molecule is CC/C(=N\OCCOc1cccc(CC(N)=O)c1)c1ccc(-c2ccccc2)cc1. The fourth-order valence-corrected chi connectivity index (χ4v) is 3.07. The molecule has 0 aromatic heterocycles. The van der Waals surface area contributed by atoms with Gasteiger partial charge in [-0.25, -0.2) is 0 Å². The first-order valence-corrected chi connectivity index (χ1v) is 10.0. The standard InChI is InChI=1S/C25H26N2O3/c1-2-24(22-13-11-21(12-14-22)20-8-4-3-5-9-20)27-30-16-15-29-23-10-6-7-19(17-23)18-25(26)28/h3-14,17H,2,15-16,18H2,1H3,(H2,26,28)/b27-24+. The number of benzene rings is 3. The molecule has 1 amide bonds. The summed E-state index contributed by atoms with van der Waals surface area (Å²) in [5, 5.41) is 4.28. The molecule has 0 heterocycles. The van der Waals surface area contributed by atoms with E-state index < -0.39 is 0 Å². The van der Waals surface area contributed by atoms with E-state index in [1.54, 1.807) is 6.07 Å². The monoisotopic (exact) mass is 402 g/mol. The number of carbonyl (C=O) groups is 1. The van der Waals surface area contributed by atoms with Gasteiger partial charge >= 0.3 is 0 Å². The summed E-state index contributed by atoms with van der Waals surface area (Å²) in [6.07, 6.45) is 0.960. The molecule has 2 N–H and O–H groups in total. The van der Waals surface area contributed by atoms with Crippen LogP contribution in [-0.2, 0) is 16.1 Å². The van der Waals surface area contributed by atoms with Gasteiger partial charge < -0.3 is 15.3 Å². The molecule has 0 atom stereocenters. The largest absolute Gasteiger partial charge is 0.490 e. The normalized spacial score (nSPS) is 11.2. The lowest BCUT2D eigenvalue weighted by atomic mass is 10.0. The molecule has 0 spiro atoms. The fraction of sp³-hybridized carbons (Fsp3) is 0.200. The van der Waals surface area contributed by atoms with Crippen LogP contribution in [0, 0.1) is 0 Å². The van der Waals surface area contributed by atoms with Crippen molar-refractivity contribution in [3.8, 4) is 16.9 Å². The number of primary amides is 1. The van der Waals surface area contributed by atoms with Crippen LogP contribution in [0.4, 0.5) is 0 Å². The molecule has 3 aromatic carbocycles. The first kappa shape index (κ1) is 21.1. The van der Waals surface area contributed by atoms with Crippen molar-refractivity contribution in [2.45, 2.75) is 19.8 Å². The van der Waals surface area contributed by atoms with Gasteiger partial charge in [0.05, 0.1) is 12.1 Å². The second-order valence-electron chi connectivity index (χ2n) is 6.81. The van der Waals surface area contributed by atoms with Crippen molar-refractivity contribution in [1.29, 1.82) is 0 Å². The van der Waals surface area contributed by atoms with Crippen LogP contribution in [0.3, 0.4) is 0 Å². The van der Waals surface area contributed by atoms with Gasteiger partial charge in [0.1, 0.15) is 12.4 Å². The minimum atomic E-state index is -0.367. The zero-order valence-electron chi connectivity index (χ0n) is 17.1. The predicted octanol–water partition coefficient (Wildman–Crippen LogP) is 4.59. The summed E-state index contributed by atoms with van der Waals surface area (Å²) in [7, 11) is 0. The number of hydrogen-bond donors (Lipinski definition) is 1. The Kier molecular flexibility index (Phi) is 7.61. The minimum absolute atomic E-state index is 0.195. The van der Waals surface area contributed by atoms with E-state index in [1.807, 2.05) is 43.3 Å². The minimum Gasteiger partial charge on any atom is -0.490 e. The van der Waals surface area contributed by atoms with Gasteiger partial charge in [0.25, 0.3) is 0 Å². The van der Waals surface area contributed by atoms with Gasteiger partial charge in [-0.05, 0) is 40.8 Å². The Hall–Kier alpha value is -3.60. The first-order valence-electron chi connectivity index (χ1n) is 10.0. The Balaban J connectivity index is 1.52. The maximum absolute atomic E-state index is 11.0. The van der Waals surface area contributed by atoms with Crippen LogP contribution in [0.2, 0.25) is 0 Å². The van der Waals surface area contributed by atoms with E-state index >= 15 is 0 Å². The third kappa shape index (κ3) is 6.21. The smallest absolute Gasteiger partial charge is 0.221 e. The summed E-state index contributed by atoms with van der Waals surface area (Å²) >= 11 is 0. The summed E-state index contributed by atoms with van der Waals surface area (Å²) in [5.41, 5.74) is 10.3. The Bertz CT molecular complexity index is 983. The van der Waals surface area contributed by atoms with E-state index in [4.69, 9.17) is 15.3 Å². The average molecular weight is 402 g/mol. The molecule has 3 rings (SSSR count). The molecule has 0 aliphatic carbocycles. The number of carbonyl (C=O) groups excluding carboxylic acids is 1. The Morgan fingerprint density at radius 1 is 0.900 bits per heavy atom. The third-order valence-corrected chi connectivity index (χ3v) is 4.56. The van der Waals surface area contributed by atoms with Crippen LogP contribution < -0.4 is 10.5 Å². The summed E-state index contributed by atoms with van der Waals surface area (Å²) in [6, 6.07) is 25.9. The lowest BCUT2D eigenvalue weighted by Gasteiger charge is -2.08. The number of rotatable bonds is 10. The maximum Gasteiger partial charge on any atom is 0.221 e. The van der Waals surface area contributed by atoms with Crippen LogP contribution in [0.1, 0.15) is 24.5 Å². The molecule has 154 valence electrons. The molecule has 0 bridgehead atoms. The molecule has 30 heavy (non-hydrogen) atoms. The molecule has 0 aliphatic heterocycles. The molecular formula is C25H26N2O3. The first-order chi connectivity index (χ1) is 14.7. The van der Waals surface area contributed by atoms with Crippen LogP contribution in [0.15, 0.2) is 84.0 Å².